The lowest BCUT2D eigenvalue weighted by Gasteiger charge is -2.54. The number of nitrogens with zero attached hydrogens (tertiary/aromatic N) is 1. The predicted octanol–water partition coefficient (Wildman–Crippen LogP) is 4.90. The molecule has 2 aromatic carbocycles. The maximum absolute atomic E-state index is 13.8. The molecule has 2 saturated heterocycles. The summed E-state index contributed by atoms with van der Waals surface area (Å²) < 4.78 is 17.2. The normalized spacial score (nSPS) is 25.6. The molecule has 0 bridgehead atoms. The molecule has 0 aliphatic carbocycles. The Morgan fingerprint density at radius 1 is 0.971 bits per heavy atom. The highest BCUT2D eigenvalue weighted by Crippen LogP contribution is 2.56. The lowest BCUT2D eigenvalue weighted by molar-refractivity contribution is -0.243. The third-order valence-electron chi connectivity index (χ3n) is 7.42. The van der Waals surface area contributed by atoms with E-state index in [2.05, 4.69) is 6.92 Å². The number of ether oxygens (including phenoxy) is 3. The average molecular weight is 466 g/mol. The van der Waals surface area contributed by atoms with Crippen molar-refractivity contribution in [3.63, 3.8) is 0 Å². The second-order valence-electron chi connectivity index (χ2n) is 9.51. The third-order valence-corrected chi connectivity index (χ3v) is 7.42. The zero-order valence-corrected chi connectivity index (χ0v) is 20.4. The Labute approximate surface area is 202 Å². The topological polar surface area (TPSA) is 65.1 Å². The Morgan fingerprint density at radius 3 is 2.35 bits per heavy atom. The quantitative estimate of drug-likeness (QED) is 0.330. The van der Waals surface area contributed by atoms with E-state index in [1.54, 1.807) is 12.0 Å². The number of carbonyl (C=O) groups excluding carboxylic acids is 2. The van der Waals surface area contributed by atoms with Gasteiger partial charge in [0, 0.05) is 6.54 Å². The van der Waals surface area contributed by atoms with E-state index in [1.165, 1.54) is 0 Å². The lowest BCUT2D eigenvalue weighted by atomic mass is 9.70. The van der Waals surface area contributed by atoms with Crippen molar-refractivity contribution in [2.45, 2.75) is 70.2 Å². The highest BCUT2D eigenvalue weighted by molar-refractivity contribution is 6.01. The van der Waals surface area contributed by atoms with Crippen LogP contribution in [0, 0.1) is 5.92 Å². The van der Waals surface area contributed by atoms with E-state index in [0.29, 0.717) is 19.6 Å². The van der Waals surface area contributed by atoms with Crippen LogP contribution in [0.15, 0.2) is 54.6 Å². The zero-order chi connectivity index (χ0) is 24.2. The summed E-state index contributed by atoms with van der Waals surface area (Å²) in [5.74, 6) is -0.00955. The van der Waals surface area contributed by atoms with Gasteiger partial charge in [-0.2, -0.15) is 0 Å². The van der Waals surface area contributed by atoms with E-state index < -0.39 is 11.1 Å². The van der Waals surface area contributed by atoms with Crippen LogP contribution in [-0.2, 0) is 32.2 Å². The number of amides is 1. The molecule has 0 N–H and O–H groups in total. The van der Waals surface area contributed by atoms with Crippen LogP contribution in [0.2, 0.25) is 0 Å². The molecule has 1 amide bonds. The van der Waals surface area contributed by atoms with E-state index in [9.17, 15) is 9.59 Å². The minimum atomic E-state index is -1.12. The molecule has 6 nitrogen and oxygen atoms in total. The number of carbonyl (C=O) groups is 2. The zero-order valence-electron chi connectivity index (χ0n) is 20.4. The molecule has 0 radical (unpaired) electrons. The standard InChI is InChI=1S/C28H35NO5/c1-4-5-6-10-13-24-25(30)29(18-21-14-16-23(32-3)17-15-21)28(26(31)34-27(24,28)2)20-33-19-22-11-8-7-9-12-22/h7-9,11-12,14-17,24H,4-6,10,13,18-20H2,1-3H3/t24-,27-,28-/m1/s1. The molecule has 4 rings (SSSR count). The van der Waals surface area contributed by atoms with Gasteiger partial charge in [0.25, 0.3) is 0 Å². The van der Waals surface area contributed by atoms with Crippen LogP contribution < -0.4 is 4.74 Å². The van der Waals surface area contributed by atoms with Gasteiger partial charge in [-0.25, -0.2) is 4.79 Å². The van der Waals surface area contributed by atoms with Crippen molar-refractivity contribution in [3.8, 4) is 5.75 Å². The molecule has 0 spiro atoms. The number of hydrogen-bond donors (Lipinski definition) is 0. The SMILES string of the molecule is CCCCCC[C@@H]1C(=O)N(Cc2ccc(OC)cc2)[C@]2(COCc3ccccc3)C(=O)O[C@]12C. The molecular formula is C28H35NO5. The van der Waals surface area contributed by atoms with Crippen LogP contribution in [0.5, 0.6) is 5.75 Å². The van der Waals surface area contributed by atoms with Crippen molar-refractivity contribution in [1.29, 1.82) is 0 Å². The molecule has 2 aliphatic rings. The summed E-state index contributed by atoms with van der Waals surface area (Å²) in [5, 5.41) is 0. The van der Waals surface area contributed by atoms with Crippen LogP contribution in [0.4, 0.5) is 0 Å². The van der Waals surface area contributed by atoms with Gasteiger partial charge in [-0.05, 0) is 36.6 Å². The van der Waals surface area contributed by atoms with E-state index in [4.69, 9.17) is 14.2 Å². The molecule has 3 atom stereocenters. The summed E-state index contributed by atoms with van der Waals surface area (Å²) in [6.07, 6.45) is 4.99. The lowest BCUT2D eigenvalue weighted by Crippen LogP contribution is -2.76. The van der Waals surface area contributed by atoms with E-state index in [0.717, 1.165) is 42.6 Å². The molecule has 0 aromatic heterocycles. The Balaban J connectivity index is 1.59. The number of hydrogen-bond acceptors (Lipinski definition) is 5. The molecule has 0 saturated carbocycles. The van der Waals surface area contributed by atoms with Crippen molar-refractivity contribution in [1.82, 2.24) is 4.90 Å². The van der Waals surface area contributed by atoms with Crippen molar-refractivity contribution in [3.05, 3.63) is 65.7 Å². The molecule has 34 heavy (non-hydrogen) atoms. The van der Waals surface area contributed by atoms with Gasteiger partial charge < -0.3 is 19.1 Å². The summed E-state index contributed by atoms with van der Waals surface area (Å²) in [6, 6.07) is 17.5. The first-order valence-electron chi connectivity index (χ1n) is 12.3. The van der Waals surface area contributed by atoms with E-state index in [-0.39, 0.29) is 24.4 Å². The first-order valence-corrected chi connectivity index (χ1v) is 12.3. The third kappa shape index (κ3) is 4.20. The molecule has 2 fully saturated rings. The molecule has 0 unspecified atom stereocenters. The van der Waals surface area contributed by atoms with E-state index >= 15 is 0 Å². The Morgan fingerprint density at radius 2 is 1.71 bits per heavy atom. The van der Waals surface area contributed by atoms with Crippen molar-refractivity contribution >= 4 is 11.9 Å². The largest absolute Gasteiger partial charge is 0.497 e. The van der Waals surface area contributed by atoms with Gasteiger partial charge in [0.1, 0.15) is 5.75 Å². The van der Waals surface area contributed by atoms with E-state index in [1.807, 2.05) is 61.5 Å². The number of rotatable bonds is 12. The highest BCUT2D eigenvalue weighted by atomic mass is 16.6. The van der Waals surface area contributed by atoms with Gasteiger partial charge in [0.05, 0.1) is 26.2 Å². The number of methoxy groups -OCH3 is 1. The Kier molecular flexibility index (Phi) is 7.27. The summed E-state index contributed by atoms with van der Waals surface area (Å²) in [7, 11) is 1.62. The summed E-state index contributed by atoms with van der Waals surface area (Å²) in [6.45, 7) is 4.90. The van der Waals surface area contributed by atoms with Gasteiger partial charge >= 0.3 is 5.97 Å². The second kappa shape index (κ2) is 10.2. The van der Waals surface area contributed by atoms with Crippen LogP contribution in [0.25, 0.3) is 0 Å². The van der Waals surface area contributed by atoms with Gasteiger partial charge in [0.2, 0.25) is 11.4 Å². The molecular weight excluding hydrogens is 430 g/mol. The van der Waals surface area contributed by atoms with Crippen LogP contribution >= 0.6 is 0 Å². The summed E-state index contributed by atoms with van der Waals surface area (Å²) in [5.41, 5.74) is -0.0502. The first-order chi connectivity index (χ1) is 16.5. The monoisotopic (exact) mass is 465 g/mol. The number of fused-ring (bicyclic) bond motifs is 1. The van der Waals surface area contributed by atoms with Gasteiger partial charge in [-0.15, -0.1) is 0 Å². The van der Waals surface area contributed by atoms with Crippen LogP contribution in [-0.4, -0.2) is 41.6 Å². The molecule has 2 aliphatic heterocycles. The number of unbranched alkanes of at least 4 members (excludes halogenated alkanes) is 3. The number of benzene rings is 2. The average Bonchev–Trinajstić information content (AvgIpc) is 2.98. The van der Waals surface area contributed by atoms with Crippen molar-refractivity contribution < 1.29 is 23.8 Å². The van der Waals surface area contributed by atoms with Crippen LogP contribution in [0.1, 0.15) is 57.1 Å². The van der Waals surface area contributed by atoms with Gasteiger partial charge in [-0.3, -0.25) is 4.79 Å². The summed E-state index contributed by atoms with van der Waals surface area (Å²) in [4.78, 5) is 28.6. The van der Waals surface area contributed by atoms with Crippen molar-refractivity contribution in [2.24, 2.45) is 5.92 Å². The number of likely N-dealkylation sites (tertiary alicyclic amines) is 1. The molecule has 2 heterocycles. The second-order valence-corrected chi connectivity index (χ2v) is 9.51. The molecule has 6 heteroatoms. The minimum absolute atomic E-state index is 0.0241. The fourth-order valence-electron chi connectivity index (χ4n) is 5.34. The molecule has 182 valence electrons. The smallest absolute Gasteiger partial charge is 0.339 e. The maximum atomic E-state index is 13.8. The van der Waals surface area contributed by atoms with Gasteiger partial charge in [-0.1, -0.05) is 75.1 Å². The number of esters is 1. The highest BCUT2D eigenvalue weighted by Gasteiger charge is 2.79. The fourth-order valence-corrected chi connectivity index (χ4v) is 5.34. The van der Waals surface area contributed by atoms with Gasteiger partial charge in [0.15, 0.2) is 5.60 Å². The fraction of sp³-hybridized carbons (Fsp3) is 0.500. The Bertz CT molecular complexity index is 992. The molecule has 2 aromatic rings. The first kappa shape index (κ1) is 24.3. The predicted molar refractivity (Wildman–Crippen MR) is 129 cm³/mol. The summed E-state index contributed by atoms with van der Waals surface area (Å²) >= 11 is 0. The Hall–Kier alpha value is -2.86. The minimum Gasteiger partial charge on any atom is -0.497 e. The van der Waals surface area contributed by atoms with Crippen molar-refractivity contribution in [2.75, 3.05) is 13.7 Å². The van der Waals surface area contributed by atoms with Crippen LogP contribution in [0.3, 0.4) is 0 Å². The maximum Gasteiger partial charge on any atom is 0.339 e.